The second kappa shape index (κ2) is 9.88. The number of halogens is 1. The van der Waals surface area contributed by atoms with Crippen molar-refractivity contribution in [2.45, 2.75) is 18.9 Å². The predicted molar refractivity (Wildman–Crippen MR) is 121 cm³/mol. The van der Waals surface area contributed by atoms with Crippen LogP contribution >= 0.6 is 19.1 Å². The Morgan fingerprint density at radius 3 is 2.28 bits per heavy atom. The Kier molecular flexibility index (Phi) is 6.97. The topological polar surface area (TPSA) is 78.9 Å². The van der Waals surface area contributed by atoms with E-state index in [-0.39, 0.29) is 12.6 Å². The summed E-state index contributed by atoms with van der Waals surface area (Å²) in [6, 6.07) is 22.7. The van der Waals surface area contributed by atoms with Crippen molar-refractivity contribution in [2.75, 3.05) is 13.2 Å². The van der Waals surface area contributed by atoms with Gasteiger partial charge < -0.3 is 19.2 Å². The zero-order chi connectivity index (χ0) is 22.6. The van der Waals surface area contributed by atoms with Crippen molar-refractivity contribution in [3.05, 3.63) is 89.4 Å². The number of carboxylic acid groups (broad SMARTS) is 1. The van der Waals surface area contributed by atoms with Crippen molar-refractivity contribution in [3.63, 3.8) is 0 Å². The summed E-state index contributed by atoms with van der Waals surface area (Å²) in [5, 5.41) is 12.6. The van der Waals surface area contributed by atoms with Gasteiger partial charge in [0, 0.05) is 17.6 Å². The van der Waals surface area contributed by atoms with Gasteiger partial charge in [0.05, 0.1) is 17.9 Å². The number of ether oxygens (including phenoxy) is 1. The normalized spacial score (nSPS) is 21.6. The zero-order valence-corrected chi connectivity index (χ0v) is 18.9. The Morgan fingerprint density at radius 1 is 1.03 bits per heavy atom. The summed E-state index contributed by atoms with van der Waals surface area (Å²) in [5.41, 5.74) is 0.891. The Balaban J connectivity index is 1.66. The van der Waals surface area contributed by atoms with Crippen LogP contribution in [0, 0.1) is 0 Å². The summed E-state index contributed by atoms with van der Waals surface area (Å²) in [6.07, 6.45) is 1.28. The Labute approximate surface area is 191 Å². The lowest BCUT2D eigenvalue weighted by atomic mass is 10.0. The lowest BCUT2D eigenvalue weighted by Gasteiger charge is -2.35. The Bertz CT molecular complexity index is 1110. The standard InChI is InChI=1S/C24H23ClNO5P/c25-19-8-10-20(11-9-19)31-21-12-14-22(15-13-21)32(29)26(17-24(27)28)23(7-4-16-30-32)18-5-2-1-3-6-18/h1-3,5-6,8-15,23H,4,7,16-17H2,(H,27,28)/p-1. The molecule has 6 nitrogen and oxygen atoms in total. The molecule has 0 radical (unpaired) electrons. The van der Waals surface area contributed by atoms with E-state index in [9.17, 15) is 14.5 Å². The Hall–Kier alpha value is -2.63. The monoisotopic (exact) mass is 470 g/mol. The van der Waals surface area contributed by atoms with E-state index in [4.69, 9.17) is 20.9 Å². The molecule has 0 amide bonds. The van der Waals surface area contributed by atoms with E-state index in [1.54, 1.807) is 48.5 Å². The molecule has 1 heterocycles. The Morgan fingerprint density at radius 2 is 1.66 bits per heavy atom. The van der Waals surface area contributed by atoms with Crippen LogP contribution < -0.4 is 15.1 Å². The lowest BCUT2D eigenvalue weighted by molar-refractivity contribution is -0.305. The number of hydrogen-bond donors (Lipinski definition) is 0. The fourth-order valence-corrected chi connectivity index (χ4v) is 6.33. The van der Waals surface area contributed by atoms with Gasteiger partial charge in [0.25, 0.3) is 0 Å². The van der Waals surface area contributed by atoms with Gasteiger partial charge in [0.2, 0.25) is 0 Å². The number of carbonyl (C=O) groups excluding carboxylic acids is 1. The second-order valence-corrected chi connectivity index (χ2v) is 10.2. The number of nitrogens with zero attached hydrogens (tertiary/aromatic N) is 1. The molecule has 1 fully saturated rings. The molecule has 0 N–H and O–H groups in total. The van der Waals surface area contributed by atoms with E-state index < -0.39 is 20.0 Å². The van der Waals surface area contributed by atoms with E-state index in [1.807, 2.05) is 30.3 Å². The van der Waals surface area contributed by atoms with Crippen LogP contribution in [0.25, 0.3) is 0 Å². The van der Waals surface area contributed by atoms with Gasteiger partial charge in [-0.1, -0.05) is 41.9 Å². The molecule has 0 aromatic heterocycles. The summed E-state index contributed by atoms with van der Waals surface area (Å²) < 4.78 is 27.3. The van der Waals surface area contributed by atoms with Crippen LogP contribution in [0.4, 0.5) is 0 Å². The van der Waals surface area contributed by atoms with E-state index in [0.717, 1.165) is 5.56 Å². The maximum Gasteiger partial charge on any atom is 0.303 e. The average Bonchev–Trinajstić information content (AvgIpc) is 2.96. The van der Waals surface area contributed by atoms with Crippen molar-refractivity contribution in [1.82, 2.24) is 4.67 Å². The highest BCUT2D eigenvalue weighted by atomic mass is 35.5. The summed E-state index contributed by atoms with van der Waals surface area (Å²) in [6.45, 7) is -0.229. The number of carboxylic acids is 1. The minimum absolute atomic E-state index is 0.271. The maximum atomic E-state index is 14.2. The van der Waals surface area contributed by atoms with Crippen LogP contribution in [0.2, 0.25) is 5.02 Å². The van der Waals surface area contributed by atoms with Crippen molar-refractivity contribution < 1.29 is 23.7 Å². The third-order valence-electron chi connectivity index (χ3n) is 5.27. The molecule has 1 aliphatic rings. The lowest BCUT2D eigenvalue weighted by Crippen LogP contribution is -2.40. The molecule has 0 bridgehead atoms. The van der Waals surface area contributed by atoms with Crippen LogP contribution in [-0.4, -0.2) is 23.8 Å². The van der Waals surface area contributed by atoms with Gasteiger partial charge in [0.1, 0.15) is 11.5 Å². The van der Waals surface area contributed by atoms with Crippen LogP contribution in [-0.2, 0) is 13.9 Å². The minimum Gasteiger partial charge on any atom is -0.549 e. The van der Waals surface area contributed by atoms with E-state index in [0.29, 0.717) is 34.7 Å². The second-order valence-electron chi connectivity index (χ2n) is 7.44. The fraction of sp³-hybridized carbons (Fsp3) is 0.208. The molecule has 3 aromatic rings. The van der Waals surface area contributed by atoms with Gasteiger partial charge in [-0.25, -0.2) is 4.67 Å². The van der Waals surface area contributed by atoms with Gasteiger partial charge in [-0.2, -0.15) is 0 Å². The predicted octanol–water partition coefficient (Wildman–Crippen LogP) is 4.55. The largest absolute Gasteiger partial charge is 0.549 e. The third-order valence-corrected chi connectivity index (χ3v) is 8.11. The first-order chi connectivity index (χ1) is 15.5. The molecule has 1 saturated heterocycles. The van der Waals surface area contributed by atoms with Crippen LogP contribution in [0.3, 0.4) is 0 Å². The number of aliphatic carboxylic acids is 1. The first kappa shape index (κ1) is 22.6. The van der Waals surface area contributed by atoms with Crippen molar-refractivity contribution in [1.29, 1.82) is 0 Å². The highest BCUT2D eigenvalue weighted by Crippen LogP contribution is 2.56. The van der Waals surface area contributed by atoms with E-state index in [2.05, 4.69) is 0 Å². The minimum atomic E-state index is -3.66. The van der Waals surface area contributed by atoms with Gasteiger partial charge in [0.15, 0.2) is 0 Å². The molecule has 2 atom stereocenters. The molecule has 1 aliphatic heterocycles. The number of rotatable bonds is 6. The molecule has 3 aromatic carbocycles. The first-order valence-corrected chi connectivity index (χ1v) is 12.2. The molecule has 0 saturated carbocycles. The van der Waals surface area contributed by atoms with Crippen molar-refractivity contribution >= 4 is 30.4 Å². The van der Waals surface area contributed by atoms with Crippen molar-refractivity contribution in [3.8, 4) is 11.5 Å². The summed E-state index contributed by atoms with van der Waals surface area (Å²) in [4.78, 5) is 11.6. The molecular weight excluding hydrogens is 449 g/mol. The van der Waals surface area contributed by atoms with Crippen molar-refractivity contribution in [2.24, 2.45) is 0 Å². The van der Waals surface area contributed by atoms with Gasteiger partial charge in [-0.3, -0.25) is 4.57 Å². The maximum absolute atomic E-state index is 14.2. The van der Waals surface area contributed by atoms with Gasteiger partial charge in [-0.05, 0) is 66.9 Å². The quantitative estimate of drug-likeness (QED) is 0.492. The highest BCUT2D eigenvalue weighted by Gasteiger charge is 2.41. The molecule has 0 aliphatic carbocycles. The van der Waals surface area contributed by atoms with E-state index in [1.165, 1.54) is 4.67 Å². The average molecular weight is 471 g/mol. The smallest absolute Gasteiger partial charge is 0.303 e. The molecule has 8 heteroatoms. The molecule has 166 valence electrons. The number of benzene rings is 3. The van der Waals surface area contributed by atoms with Gasteiger partial charge in [-0.15, -0.1) is 0 Å². The zero-order valence-electron chi connectivity index (χ0n) is 17.2. The molecule has 0 spiro atoms. The van der Waals surface area contributed by atoms with Gasteiger partial charge >= 0.3 is 7.52 Å². The molecule has 4 rings (SSSR count). The van der Waals surface area contributed by atoms with Crippen LogP contribution in [0.1, 0.15) is 24.4 Å². The summed E-state index contributed by atoms with van der Waals surface area (Å²) >= 11 is 5.90. The SMILES string of the molecule is O=C([O-])CN1C(c2ccccc2)CCCOP1(=O)c1ccc(Oc2ccc(Cl)cc2)cc1. The summed E-state index contributed by atoms with van der Waals surface area (Å²) in [5.74, 6) is -0.148. The molecular formula is C24H22ClNO5P-. The summed E-state index contributed by atoms with van der Waals surface area (Å²) in [7, 11) is -3.66. The number of hydrogen-bond acceptors (Lipinski definition) is 5. The van der Waals surface area contributed by atoms with Crippen LogP contribution in [0.5, 0.6) is 11.5 Å². The fourth-order valence-electron chi connectivity index (χ4n) is 3.79. The highest BCUT2D eigenvalue weighted by molar-refractivity contribution is 7.64. The van der Waals surface area contributed by atoms with E-state index >= 15 is 0 Å². The number of carbonyl (C=O) groups is 1. The molecule has 2 unspecified atom stereocenters. The first-order valence-electron chi connectivity index (χ1n) is 10.3. The molecule has 32 heavy (non-hydrogen) atoms. The van der Waals surface area contributed by atoms with Crippen LogP contribution in [0.15, 0.2) is 78.9 Å². The third kappa shape index (κ3) is 5.05.